The van der Waals surface area contributed by atoms with Gasteiger partial charge in [0.1, 0.15) is 17.1 Å². The number of carboxylic acid groups (broad SMARTS) is 2. The zero-order valence-corrected chi connectivity index (χ0v) is 26.8. The minimum atomic E-state index is -1.83. The highest BCUT2D eigenvalue weighted by molar-refractivity contribution is 8.00. The number of β-lactam (4-membered cyclic amide) rings is 1. The second-order valence-electron chi connectivity index (χ2n) is 10.5. The van der Waals surface area contributed by atoms with Gasteiger partial charge in [0.2, 0.25) is 17.3 Å². The number of hydrogen-bond acceptors (Lipinski definition) is 16. The van der Waals surface area contributed by atoms with E-state index in [0.717, 1.165) is 34.1 Å². The van der Waals surface area contributed by atoms with Crippen LogP contribution in [0, 0.1) is 0 Å². The fourth-order valence-electron chi connectivity index (χ4n) is 4.16. The van der Waals surface area contributed by atoms with Crippen molar-refractivity contribution in [3.8, 4) is 0 Å². The Morgan fingerprint density at radius 3 is 2.62 bits per heavy atom. The van der Waals surface area contributed by atoms with E-state index in [9.17, 15) is 44.1 Å². The van der Waals surface area contributed by atoms with Crippen molar-refractivity contribution in [2.45, 2.75) is 37.3 Å². The van der Waals surface area contributed by atoms with Crippen LogP contribution < -0.4 is 21.8 Å². The predicted molar refractivity (Wildman–Crippen MR) is 167 cm³/mol. The number of aliphatic carboxylic acids is 1. The van der Waals surface area contributed by atoms with E-state index in [0.29, 0.717) is 0 Å². The number of aliphatic hydroxyl groups excluding tert-OH is 1. The maximum atomic E-state index is 13.3. The molecule has 3 amide bonds. The second kappa shape index (κ2) is 14.6. The predicted octanol–water partition coefficient (Wildman–Crippen LogP) is 0.108. The van der Waals surface area contributed by atoms with Crippen LogP contribution >= 0.6 is 23.1 Å². The number of rotatable bonds is 14. The molecule has 4 rings (SSSR count). The molecule has 1 aromatic rings. The normalized spacial score (nSPS) is 19.5. The number of nitrogens with two attached hydrogens (primary N) is 1. The van der Waals surface area contributed by atoms with E-state index in [1.165, 1.54) is 25.3 Å². The Morgan fingerprint density at radius 2 is 2.00 bits per heavy atom. The Kier molecular flexibility index (Phi) is 10.8. The molecule has 256 valence electrons. The van der Waals surface area contributed by atoms with Crippen molar-refractivity contribution in [1.29, 1.82) is 0 Å². The van der Waals surface area contributed by atoms with Crippen molar-refractivity contribution in [2.75, 3.05) is 24.6 Å². The second-order valence-corrected chi connectivity index (χ2v) is 12.5. The van der Waals surface area contributed by atoms with Crippen LogP contribution in [0.1, 0.15) is 26.0 Å². The van der Waals surface area contributed by atoms with Crippen LogP contribution in [0.4, 0.5) is 9.93 Å². The minimum Gasteiger partial charge on any atom is -0.504 e. The number of nitrogen functional groups attached to an aromatic ring is 1. The fourth-order valence-corrected chi connectivity index (χ4v) is 6.03. The van der Waals surface area contributed by atoms with E-state index in [-0.39, 0.29) is 58.9 Å². The third kappa shape index (κ3) is 7.75. The van der Waals surface area contributed by atoms with Crippen LogP contribution in [0.2, 0.25) is 0 Å². The van der Waals surface area contributed by atoms with Gasteiger partial charge >= 0.3 is 12.1 Å². The number of Topliss-reactive ketones (excluding diaryl/α,β-unsaturated/α-hetero) is 1. The molecule has 1 saturated heterocycles. The highest BCUT2D eigenvalue weighted by Crippen LogP contribution is 2.40. The lowest BCUT2D eigenvalue weighted by Gasteiger charge is -2.49. The zero-order valence-electron chi connectivity index (χ0n) is 25.2. The first-order chi connectivity index (χ1) is 22.6. The van der Waals surface area contributed by atoms with Crippen molar-refractivity contribution in [2.24, 2.45) is 5.16 Å². The maximum absolute atomic E-state index is 13.3. The summed E-state index contributed by atoms with van der Waals surface area (Å²) in [6, 6.07) is -1.21. The summed E-state index contributed by atoms with van der Waals surface area (Å²) >= 11 is 2.09. The number of nitrogens with one attached hydrogen (secondary N) is 3. The molecule has 1 fully saturated rings. The standard InChI is InChI=1S/C27H29N7O12S2/c1-4-5-44-32-13-7-16(36)15(35)6-12(13)19(37)29-8-11-9-47-23-18(21(39)34(23)22(11)45-26(42)43)31-20(38)17(14-10-48-25(28)30-14)33-46-27(2,3)24(40)41/h4,6,10,18,23,32,35H,1,5,7-9H2,2-3H3,(H2,28,30)(H,29,37)(H,31,38)(H,40,41)(H,42,43)/b33-17-/t18?,23-/m0/s1. The number of thioether (sulfide) groups is 1. The number of nitrogens with zero attached hydrogens (tertiary/aromatic N) is 3. The van der Waals surface area contributed by atoms with E-state index in [1.807, 2.05) is 0 Å². The van der Waals surface area contributed by atoms with Crippen molar-refractivity contribution < 1.29 is 58.5 Å². The molecule has 0 aromatic carbocycles. The van der Waals surface area contributed by atoms with E-state index < -0.39 is 64.1 Å². The van der Waals surface area contributed by atoms with E-state index in [4.69, 9.17) is 20.1 Å². The molecule has 1 aromatic heterocycles. The largest absolute Gasteiger partial charge is 0.512 e. The number of oxime groups is 1. The molecule has 0 saturated carbocycles. The third-order valence-corrected chi connectivity index (χ3v) is 8.67. The van der Waals surface area contributed by atoms with Crippen molar-refractivity contribution in [3.63, 3.8) is 0 Å². The number of fused-ring (bicyclic) bond motifs is 1. The molecule has 21 heteroatoms. The molecular formula is C27H29N7O12S2. The fraction of sp³-hybridized carbons (Fsp3) is 0.333. The average Bonchev–Trinajstić information content (AvgIpc) is 3.45. The number of carboxylic acids is 1. The molecule has 3 aliphatic rings. The molecule has 1 aliphatic carbocycles. The monoisotopic (exact) mass is 707 g/mol. The van der Waals surface area contributed by atoms with E-state index in [1.54, 1.807) is 0 Å². The van der Waals surface area contributed by atoms with Crippen LogP contribution in [-0.4, -0.2) is 102 Å². The summed E-state index contributed by atoms with van der Waals surface area (Å²) in [5.74, 6) is -5.51. The van der Waals surface area contributed by atoms with E-state index >= 15 is 0 Å². The van der Waals surface area contributed by atoms with Crippen LogP contribution in [-0.2, 0) is 38.4 Å². The van der Waals surface area contributed by atoms with Gasteiger partial charge in [-0.2, -0.15) is 0 Å². The SMILES string of the molecule is C=CCONC1=C(C(=O)NCC2=C(OC(=O)O)N3C(=O)C(NC(=O)/C(=N\OC(C)(C)C(=O)O)c4csc(N)n4)[C@@H]3SC2)C=C(O)C(=O)C1. The van der Waals surface area contributed by atoms with Crippen molar-refractivity contribution in [1.82, 2.24) is 26.0 Å². The molecular weight excluding hydrogens is 678 g/mol. The molecule has 0 radical (unpaired) electrons. The lowest BCUT2D eigenvalue weighted by atomic mass is 10.0. The Hall–Kier alpha value is -5.41. The molecule has 3 heterocycles. The summed E-state index contributed by atoms with van der Waals surface area (Å²) in [5, 5.41) is 38.0. The third-order valence-electron chi connectivity index (χ3n) is 6.66. The molecule has 1 unspecified atom stereocenters. The molecule has 0 spiro atoms. The van der Waals surface area contributed by atoms with Gasteiger partial charge in [-0.3, -0.25) is 34.4 Å². The van der Waals surface area contributed by atoms with Crippen LogP contribution in [0.15, 0.2) is 57.8 Å². The van der Waals surface area contributed by atoms with Crippen LogP contribution in [0.3, 0.4) is 0 Å². The number of allylic oxidation sites excluding steroid dienone is 2. The van der Waals surface area contributed by atoms with Gasteiger partial charge in [-0.15, -0.1) is 29.7 Å². The molecule has 48 heavy (non-hydrogen) atoms. The quantitative estimate of drug-likeness (QED) is 0.0337. The van der Waals surface area contributed by atoms with Crippen LogP contribution in [0.5, 0.6) is 0 Å². The number of hydrogen-bond donors (Lipinski definition) is 7. The summed E-state index contributed by atoms with van der Waals surface area (Å²) in [6.45, 7) is 5.63. The van der Waals surface area contributed by atoms with Crippen molar-refractivity contribution >= 4 is 69.6 Å². The Labute approximate surface area is 279 Å². The number of hydroxylamine groups is 1. The highest BCUT2D eigenvalue weighted by atomic mass is 32.2. The zero-order chi connectivity index (χ0) is 35.3. The number of thiazole rings is 1. The molecule has 2 atom stereocenters. The summed E-state index contributed by atoms with van der Waals surface area (Å²) in [5.41, 5.74) is 5.94. The van der Waals surface area contributed by atoms with E-state index in [2.05, 4.69) is 32.8 Å². The summed E-state index contributed by atoms with van der Waals surface area (Å²) in [6.07, 6.45) is 0.258. The summed E-state index contributed by atoms with van der Waals surface area (Å²) < 4.78 is 4.93. The summed E-state index contributed by atoms with van der Waals surface area (Å²) in [4.78, 5) is 89.8. The Bertz CT molecular complexity index is 1700. The topological polar surface area (TPSA) is 281 Å². The number of amides is 3. The number of carbonyl (C=O) groups is 6. The first-order valence-electron chi connectivity index (χ1n) is 13.7. The van der Waals surface area contributed by atoms with Gasteiger partial charge in [-0.1, -0.05) is 11.2 Å². The molecule has 2 aliphatic heterocycles. The summed E-state index contributed by atoms with van der Waals surface area (Å²) in [7, 11) is 0. The Balaban J connectivity index is 1.52. The molecule has 19 nitrogen and oxygen atoms in total. The average molecular weight is 708 g/mol. The van der Waals surface area contributed by atoms with Gasteiger partial charge in [-0.05, 0) is 19.9 Å². The van der Waals surface area contributed by atoms with Gasteiger partial charge < -0.3 is 41.3 Å². The Morgan fingerprint density at radius 1 is 1.27 bits per heavy atom. The highest BCUT2D eigenvalue weighted by Gasteiger charge is 2.54. The number of aromatic nitrogens is 1. The lowest BCUT2D eigenvalue weighted by Crippen LogP contribution is -2.70. The first kappa shape index (κ1) is 35.4. The molecule has 0 bridgehead atoms. The number of ether oxygens (including phenoxy) is 1. The van der Waals surface area contributed by atoms with Gasteiger partial charge in [-0.25, -0.2) is 14.6 Å². The van der Waals surface area contributed by atoms with Crippen LogP contribution in [0.25, 0.3) is 0 Å². The van der Waals surface area contributed by atoms with Gasteiger partial charge in [0.25, 0.3) is 17.7 Å². The number of aliphatic hydroxyl groups is 1. The van der Waals surface area contributed by atoms with Gasteiger partial charge in [0.15, 0.2) is 16.6 Å². The number of anilines is 1. The number of carbonyl (C=O) groups excluding carboxylic acids is 4. The first-order valence-corrected chi connectivity index (χ1v) is 15.6. The smallest absolute Gasteiger partial charge is 0.504 e. The van der Waals surface area contributed by atoms with Gasteiger partial charge in [0.05, 0.1) is 24.3 Å². The van der Waals surface area contributed by atoms with Crippen molar-refractivity contribution in [3.05, 3.63) is 58.3 Å². The molecule has 8 N–H and O–H groups in total. The lowest BCUT2D eigenvalue weighted by molar-refractivity contribution is -0.161. The number of ketones is 1. The van der Waals surface area contributed by atoms with Gasteiger partial charge in [0, 0.05) is 23.3 Å². The maximum Gasteiger partial charge on any atom is 0.512 e. The minimum absolute atomic E-state index is 0.0371.